The summed E-state index contributed by atoms with van der Waals surface area (Å²) in [4.78, 5) is 15.2. The van der Waals surface area contributed by atoms with E-state index in [-0.39, 0.29) is 5.78 Å². The third kappa shape index (κ3) is 2.06. The van der Waals surface area contributed by atoms with Crippen molar-refractivity contribution in [2.24, 2.45) is 0 Å². The second kappa shape index (κ2) is 4.58. The summed E-state index contributed by atoms with van der Waals surface area (Å²) in [6.45, 7) is 3.65. The summed E-state index contributed by atoms with van der Waals surface area (Å²) in [5.74, 6) is 0.148. The van der Waals surface area contributed by atoms with Gasteiger partial charge in [0.15, 0.2) is 5.78 Å². The van der Waals surface area contributed by atoms with Gasteiger partial charge in [-0.1, -0.05) is 6.07 Å². The molecule has 0 N–H and O–H groups in total. The molecule has 1 aliphatic heterocycles. The van der Waals surface area contributed by atoms with E-state index < -0.39 is 0 Å². The summed E-state index contributed by atoms with van der Waals surface area (Å²) in [6.07, 6.45) is 1.04. The highest BCUT2D eigenvalue weighted by Crippen LogP contribution is 2.30. The van der Waals surface area contributed by atoms with Gasteiger partial charge in [0.05, 0.1) is 6.54 Å². The molecule has 1 aliphatic rings. The number of ketones is 1. The van der Waals surface area contributed by atoms with Gasteiger partial charge in [0.1, 0.15) is 0 Å². The first-order chi connectivity index (χ1) is 8.74. The van der Waals surface area contributed by atoms with Gasteiger partial charge in [-0.2, -0.15) is 0 Å². The maximum atomic E-state index is 11.4. The van der Waals surface area contributed by atoms with Gasteiger partial charge in [0.2, 0.25) is 0 Å². The predicted molar refractivity (Wildman–Crippen MR) is 75.5 cm³/mol. The molecule has 2 heterocycles. The Kier molecular flexibility index (Phi) is 2.92. The zero-order chi connectivity index (χ0) is 12.5. The highest BCUT2D eigenvalue weighted by atomic mass is 32.1. The molecule has 18 heavy (non-hydrogen) atoms. The maximum Gasteiger partial charge on any atom is 0.159 e. The SMILES string of the molecule is CC(=O)c1ccc2c(c1)CCN2Cc1cccs1. The molecular weight excluding hydrogens is 242 g/mol. The molecule has 1 aromatic heterocycles. The highest BCUT2D eigenvalue weighted by molar-refractivity contribution is 7.09. The van der Waals surface area contributed by atoms with Crippen molar-refractivity contribution >= 4 is 22.8 Å². The molecule has 0 aliphatic carbocycles. The molecule has 0 radical (unpaired) electrons. The van der Waals surface area contributed by atoms with Gasteiger partial charge in [0.25, 0.3) is 0 Å². The van der Waals surface area contributed by atoms with Crippen molar-refractivity contribution in [3.63, 3.8) is 0 Å². The second-order valence-electron chi connectivity index (χ2n) is 4.65. The van der Waals surface area contributed by atoms with Gasteiger partial charge in [-0.05, 0) is 48.6 Å². The van der Waals surface area contributed by atoms with E-state index in [0.717, 1.165) is 25.1 Å². The Bertz CT molecular complexity index is 574. The van der Waals surface area contributed by atoms with Crippen LogP contribution in [0.3, 0.4) is 0 Å². The van der Waals surface area contributed by atoms with Gasteiger partial charge in [-0.3, -0.25) is 4.79 Å². The van der Waals surface area contributed by atoms with E-state index in [1.807, 2.05) is 12.1 Å². The van der Waals surface area contributed by atoms with Crippen molar-refractivity contribution < 1.29 is 4.79 Å². The summed E-state index contributed by atoms with van der Waals surface area (Å²) in [6, 6.07) is 10.3. The zero-order valence-electron chi connectivity index (χ0n) is 10.3. The topological polar surface area (TPSA) is 20.3 Å². The van der Waals surface area contributed by atoms with Gasteiger partial charge in [-0.15, -0.1) is 11.3 Å². The Hall–Kier alpha value is -1.61. The fourth-order valence-electron chi connectivity index (χ4n) is 2.44. The molecule has 0 atom stereocenters. The van der Waals surface area contributed by atoms with E-state index in [0.29, 0.717) is 0 Å². The van der Waals surface area contributed by atoms with Crippen molar-refractivity contribution in [1.82, 2.24) is 0 Å². The molecule has 0 fully saturated rings. The number of hydrogen-bond donors (Lipinski definition) is 0. The lowest BCUT2D eigenvalue weighted by atomic mass is 10.1. The van der Waals surface area contributed by atoms with E-state index >= 15 is 0 Å². The molecule has 0 bridgehead atoms. The van der Waals surface area contributed by atoms with E-state index in [1.54, 1.807) is 18.3 Å². The number of rotatable bonds is 3. The van der Waals surface area contributed by atoms with Crippen LogP contribution < -0.4 is 4.90 Å². The second-order valence-corrected chi connectivity index (χ2v) is 5.68. The van der Waals surface area contributed by atoms with Crippen LogP contribution >= 0.6 is 11.3 Å². The fraction of sp³-hybridized carbons (Fsp3) is 0.267. The van der Waals surface area contributed by atoms with E-state index in [2.05, 4.69) is 28.5 Å². The van der Waals surface area contributed by atoms with Crippen LogP contribution in [0.1, 0.15) is 27.7 Å². The van der Waals surface area contributed by atoms with E-state index in [1.165, 1.54) is 16.1 Å². The fourth-order valence-corrected chi connectivity index (χ4v) is 3.16. The third-order valence-electron chi connectivity index (χ3n) is 3.40. The first-order valence-corrected chi connectivity index (χ1v) is 7.03. The first-order valence-electron chi connectivity index (χ1n) is 6.15. The van der Waals surface area contributed by atoms with Crippen molar-refractivity contribution in [3.8, 4) is 0 Å². The molecule has 0 spiro atoms. The molecule has 1 aromatic carbocycles. The van der Waals surface area contributed by atoms with Crippen LogP contribution in [0.2, 0.25) is 0 Å². The van der Waals surface area contributed by atoms with Crippen molar-refractivity contribution in [2.45, 2.75) is 19.9 Å². The molecule has 0 unspecified atom stereocenters. The summed E-state index contributed by atoms with van der Waals surface area (Å²) >= 11 is 1.80. The average Bonchev–Trinajstić information content (AvgIpc) is 2.99. The van der Waals surface area contributed by atoms with Crippen LogP contribution in [0.15, 0.2) is 35.7 Å². The minimum Gasteiger partial charge on any atom is -0.366 e. The number of carbonyl (C=O) groups excluding carboxylic acids is 1. The molecule has 0 saturated carbocycles. The Morgan fingerprint density at radius 3 is 3.00 bits per heavy atom. The molecule has 0 amide bonds. The number of Topliss-reactive ketones (excluding diaryl/α,β-unsaturated/α-hetero) is 1. The van der Waals surface area contributed by atoms with Crippen molar-refractivity contribution in [1.29, 1.82) is 0 Å². The van der Waals surface area contributed by atoms with E-state index in [9.17, 15) is 4.79 Å². The van der Waals surface area contributed by atoms with Crippen LogP contribution in [0, 0.1) is 0 Å². The monoisotopic (exact) mass is 257 g/mol. The smallest absolute Gasteiger partial charge is 0.159 e. The number of thiophene rings is 1. The lowest BCUT2D eigenvalue weighted by molar-refractivity contribution is 0.101. The van der Waals surface area contributed by atoms with Gasteiger partial charge < -0.3 is 4.90 Å². The maximum absolute atomic E-state index is 11.4. The summed E-state index contributed by atoms with van der Waals surface area (Å²) in [5.41, 5.74) is 3.42. The quantitative estimate of drug-likeness (QED) is 0.784. The van der Waals surface area contributed by atoms with Gasteiger partial charge >= 0.3 is 0 Å². The summed E-state index contributed by atoms with van der Waals surface area (Å²) < 4.78 is 0. The third-order valence-corrected chi connectivity index (χ3v) is 4.27. The Morgan fingerprint density at radius 2 is 2.28 bits per heavy atom. The summed E-state index contributed by atoms with van der Waals surface area (Å²) in [7, 11) is 0. The average molecular weight is 257 g/mol. The van der Waals surface area contributed by atoms with Crippen LogP contribution in [0.4, 0.5) is 5.69 Å². The predicted octanol–water partition coefficient (Wildman–Crippen LogP) is 3.51. The number of fused-ring (bicyclic) bond motifs is 1. The Morgan fingerprint density at radius 1 is 1.39 bits per heavy atom. The standard InChI is InChI=1S/C15H15NOS/c1-11(17)12-4-5-15-13(9-12)6-7-16(15)10-14-3-2-8-18-14/h2-5,8-9H,6-7,10H2,1H3. The van der Waals surface area contributed by atoms with Crippen molar-refractivity contribution in [3.05, 3.63) is 51.7 Å². The van der Waals surface area contributed by atoms with Crippen molar-refractivity contribution in [2.75, 3.05) is 11.4 Å². The number of benzene rings is 1. The molecule has 3 heteroatoms. The van der Waals surface area contributed by atoms with Gasteiger partial charge in [0, 0.05) is 22.7 Å². The van der Waals surface area contributed by atoms with E-state index in [4.69, 9.17) is 0 Å². The molecule has 3 rings (SSSR count). The number of hydrogen-bond acceptors (Lipinski definition) is 3. The first kappa shape index (κ1) is 11.5. The lowest BCUT2D eigenvalue weighted by Crippen LogP contribution is -2.18. The Balaban J connectivity index is 1.86. The zero-order valence-corrected chi connectivity index (χ0v) is 11.2. The number of carbonyl (C=O) groups is 1. The minimum absolute atomic E-state index is 0.148. The Labute approximate surface area is 111 Å². The molecule has 2 nitrogen and oxygen atoms in total. The summed E-state index contributed by atoms with van der Waals surface area (Å²) in [5, 5.41) is 2.12. The number of nitrogens with zero attached hydrogens (tertiary/aromatic N) is 1. The number of anilines is 1. The van der Waals surface area contributed by atoms with Crippen LogP contribution in [0.5, 0.6) is 0 Å². The van der Waals surface area contributed by atoms with Crippen LogP contribution in [-0.4, -0.2) is 12.3 Å². The highest BCUT2D eigenvalue weighted by Gasteiger charge is 2.20. The largest absolute Gasteiger partial charge is 0.366 e. The molecule has 0 saturated heterocycles. The van der Waals surface area contributed by atoms with Crippen LogP contribution in [0.25, 0.3) is 0 Å². The van der Waals surface area contributed by atoms with Crippen LogP contribution in [-0.2, 0) is 13.0 Å². The lowest BCUT2D eigenvalue weighted by Gasteiger charge is -2.18. The minimum atomic E-state index is 0.148. The molecule has 2 aromatic rings. The molecule has 92 valence electrons. The molecular formula is C15H15NOS. The van der Waals surface area contributed by atoms with Gasteiger partial charge in [-0.25, -0.2) is 0 Å². The normalized spacial score (nSPS) is 13.7.